The van der Waals surface area contributed by atoms with Gasteiger partial charge in [0.15, 0.2) is 5.16 Å². The first kappa shape index (κ1) is 12.8. The van der Waals surface area contributed by atoms with E-state index in [9.17, 15) is 0 Å². The Hall–Kier alpha value is -1.26. The predicted molar refractivity (Wildman–Crippen MR) is 84.4 cm³/mol. The summed E-state index contributed by atoms with van der Waals surface area (Å²) >= 11 is 5.22. The molecule has 0 bridgehead atoms. The average molecular weight is 333 g/mol. The zero-order valence-corrected chi connectivity index (χ0v) is 12.9. The van der Waals surface area contributed by atoms with E-state index in [2.05, 4.69) is 68.9 Å². The Morgan fingerprint density at radius 2 is 1.84 bits per heavy atom. The third kappa shape index (κ3) is 2.69. The Morgan fingerprint density at radius 1 is 1.11 bits per heavy atom. The van der Waals surface area contributed by atoms with Gasteiger partial charge in [-0.1, -0.05) is 52.0 Å². The zero-order valence-electron chi connectivity index (χ0n) is 10.5. The number of aryl methyl sites for hydroxylation is 1. The molecule has 2 aromatic carbocycles. The lowest BCUT2D eigenvalue weighted by molar-refractivity contribution is 0.815. The topological polar surface area (TPSA) is 17.8 Å². The van der Waals surface area contributed by atoms with Gasteiger partial charge in [-0.2, -0.15) is 0 Å². The summed E-state index contributed by atoms with van der Waals surface area (Å²) < 4.78 is 3.27. The van der Waals surface area contributed by atoms with Crippen LogP contribution in [0.25, 0.3) is 11.0 Å². The molecule has 96 valence electrons. The van der Waals surface area contributed by atoms with E-state index in [1.54, 1.807) is 11.8 Å². The largest absolute Gasteiger partial charge is 0.322 e. The molecule has 0 amide bonds. The lowest BCUT2D eigenvalue weighted by Gasteiger charge is -2.02. The molecular formula is C15H13BrN2S. The van der Waals surface area contributed by atoms with Crippen molar-refractivity contribution in [3.63, 3.8) is 0 Å². The van der Waals surface area contributed by atoms with Gasteiger partial charge in [0.05, 0.1) is 11.0 Å². The number of hydrogen-bond donors (Lipinski definition) is 0. The molecule has 0 unspecified atom stereocenters. The van der Waals surface area contributed by atoms with Gasteiger partial charge in [-0.3, -0.25) is 0 Å². The smallest absolute Gasteiger partial charge is 0.169 e. The molecule has 0 aliphatic carbocycles. The third-order valence-electron chi connectivity index (χ3n) is 3.03. The van der Waals surface area contributed by atoms with E-state index in [0.29, 0.717) is 0 Å². The molecule has 4 heteroatoms. The maximum Gasteiger partial charge on any atom is 0.169 e. The Kier molecular flexibility index (Phi) is 3.62. The number of benzene rings is 2. The minimum absolute atomic E-state index is 0.935. The number of halogens is 1. The summed E-state index contributed by atoms with van der Waals surface area (Å²) in [5.74, 6) is 0.935. The summed E-state index contributed by atoms with van der Waals surface area (Å²) in [6, 6.07) is 16.7. The molecule has 0 aliphatic heterocycles. The van der Waals surface area contributed by atoms with Crippen molar-refractivity contribution in [1.82, 2.24) is 9.55 Å². The summed E-state index contributed by atoms with van der Waals surface area (Å²) in [5, 5.41) is 1.06. The first-order chi connectivity index (χ1) is 9.24. The van der Waals surface area contributed by atoms with E-state index < -0.39 is 0 Å². The fourth-order valence-electron chi connectivity index (χ4n) is 1.98. The molecule has 2 nitrogen and oxygen atoms in total. The molecule has 0 spiro atoms. The van der Waals surface area contributed by atoms with Crippen LogP contribution < -0.4 is 0 Å². The summed E-state index contributed by atoms with van der Waals surface area (Å²) in [5.41, 5.74) is 3.55. The van der Waals surface area contributed by atoms with Crippen molar-refractivity contribution in [3.05, 3.63) is 58.6 Å². The van der Waals surface area contributed by atoms with Gasteiger partial charge in [0, 0.05) is 17.3 Å². The summed E-state index contributed by atoms with van der Waals surface area (Å²) in [4.78, 5) is 4.66. The number of hydrogen-bond acceptors (Lipinski definition) is 2. The number of nitrogens with zero attached hydrogens (tertiary/aromatic N) is 2. The van der Waals surface area contributed by atoms with Gasteiger partial charge < -0.3 is 4.57 Å². The van der Waals surface area contributed by atoms with Gasteiger partial charge in [-0.25, -0.2) is 4.98 Å². The highest BCUT2D eigenvalue weighted by atomic mass is 79.9. The summed E-state index contributed by atoms with van der Waals surface area (Å²) in [6.45, 7) is 0. The van der Waals surface area contributed by atoms with Crippen LogP contribution in [-0.4, -0.2) is 9.55 Å². The second-order valence-electron chi connectivity index (χ2n) is 4.36. The maximum absolute atomic E-state index is 4.66. The third-order valence-corrected chi connectivity index (χ3v) is 4.66. The summed E-state index contributed by atoms with van der Waals surface area (Å²) in [6.07, 6.45) is 0. The van der Waals surface area contributed by atoms with Crippen LogP contribution in [-0.2, 0) is 12.8 Å². The van der Waals surface area contributed by atoms with Crippen molar-refractivity contribution in [2.24, 2.45) is 7.05 Å². The number of fused-ring (bicyclic) bond motifs is 1. The van der Waals surface area contributed by atoms with E-state index >= 15 is 0 Å². The second kappa shape index (κ2) is 5.39. The Labute approximate surface area is 125 Å². The molecule has 0 N–H and O–H groups in total. The number of imidazole rings is 1. The minimum Gasteiger partial charge on any atom is -0.322 e. The van der Waals surface area contributed by atoms with Gasteiger partial charge >= 0.3 is 0 Å². The van der Waals surface area contributed by atoms with Gasteiger partial charge in [0.25, 0.3) is 0 Å². The van der Waals surface area contributed by atoms with Gasteiger partial charge in [-0.15, -0.1) is 0 Å². The minimum atomic E-state index is 0.935. The predicted octanol–water partition coefficient (Wildman–Crippen LogP) is 4.63. The molecule has 0 aliphatic rings. The van der Waals surface area contributed by atoms with Crippen molar-refractivity contribution < 1.29 is 0 Å². The highest BCUT2D eigenvalue weighted by Crippen LogP contribution is 2.26. The Balaban J connectivity index is 1.82. The molecule has 0 fully saturated rings. The van der Waals surface area contributed by atoms with Gasteiger partial charge in [-0.05, 0) is 29.8 Å². The first-order valence-corrected chi connectivity index (χ1v) is 7.80. The van der Waals surface area contributed by atoms with Gasteiger partial charge in [0.1, 0.15) is 0 Å². The number of thioether (sulfide) groups is 1. The lowest BCUT2D eigenvalue weighted by atomic mass is 10.2. The average Bonchev–Trinajstić information content (AvgIpc) is 2.76. The molecule has 19 heavy (non-hydrogen) atoms. The second-order valence-corrected chi connectivity index (χ2v) is 6.22. The van der Waals surface area contributed by atoms with Crippen molar-refractivity contribution in [1.29, 1.82) is 0 Å². The van der Waals surface area contributed by atoms with Crippen molar-refractivity contribution in [2.75, 3.05) is 0 Å². The van der Waals surface area contributed by atoms with Crippen LogP contribution >= 0.6 is 27.7 Å². The molecule has 1 heterocycles. The van der Waals surface area contributed by atoms with Crippen molar-refractivity contribution >= 4 is 38.7 Å². The normalized spacial score (nSPS) is 11.1. The zero-order chi connectivity index (χ0) is 13.2. The molecule has 3 aromatic rings. The first-order valence-electron chi connectivity index (χ1n) is 6.03. The van der Waals surface area contributed by atoms with E-state index in [1.165, 1.54) is 11.1 Å². The molecule has 3 rings (SSSR count). The number of para-hydroxylation sites is 2. The molecule has 0 radical (unpaired) electrons. The highest BCUT2D eigenvalue weighted by Gasteiger charge is 2.07. The molecule has 0 saturated heterocycles. The van der Waals surface area contributed by atoms with Crippen LogP contribution in [0.4, 0.5) is 0 Å². The maximum atomic E-state index is 4.66. The SMILES string of the molecule is Cn1c(SCc2ccc(Br)cc2)nc2ccccc21. The van der Waals surface area contributed by atoms with E-state index in [0.717, 1.165) is 20.9 Å². The van der Waals surface area contributed by atoms with Crippen LogP contribution in [0.15, 0.2) is 58.2 Å². The van der Waals surface area contributed by atoms with Gasteiger partial charge in [0.2, 0.25) is 0 Å². The molecular weight excluding hydrogens is 320 g/mol. The number of rotatable bonds is 3. The molecule has 1 aromatic heterocycles. The van der Waals surface area contributed by atoms with Crippen LogP contribution in [0, 0.1) is 0 Å². The standard InChI is InChI=1S/C15H13BrN2S/c1-18-14-5-3-2-4-13(14)17-15(18)19-10-11-6-8-12(16)9-7-11/h2-9H,10H2,1H3. The van der Waals surface area contributed by atoms with Crippen LogP contribution in [0.5, 0.6) is 0 Å². The Bertz CT molecular complexity index is 704. The lowest BCUT2D eigenvalue weighted by Crippen LogP contribution is -1.91. The van der Waals surface area contributed by atoms with E-state index in [1.807, 2.05) is 12.1 Å². The Morgan fingerprint density at radius 3 is 2.58 bits per heavy atom. The monoisotopic (exact) mass is 332 g/mol. The van der Waals surface area contributed by atoms with E-state index in [4.69, 9.17) is 0 Å². The van der Waals surface area contributed by atoms with Crippen molar-refractivity contribution in [3.8, 4) is 0 Å². The quantitative estimate of drug-likeness (QED) is 0.651. The molecule has 0 atom stereocenters. The molecule has 0 saturated carbocycles. The van der Waals surface area contributed by atoms with Crippen LogP contribution in [0.3, 0.4) is 0 Å². The van der Waals surface area contributed by atoms with Crippen molar-refractivity contribution in [2.45, 2.75) is 10.9 Å². The fraction of sp³-hybridized carbons (Fsp3) is 0.133. The fourth-order valence-corrected chi connectivity index (χ4v) is 3.19. The van der Waals surface area contributed by atoms with E-state index in [-0.39, 0.29) is 0 Å². The van der Waals surface area contributed by atoms with Crippen LogP contribution in [0.2, 0.25) is 0 Å². The highest BCUT2D eigenvalue weighted by molar-refractivity contribution is 9.10. The number of aromatic nitrogens is 2. The van der Waals surface area contributed by atoms with Crippen LogP contribution in [0.1, 0.15) is 5.56 Å². The summed E-state index contributed by atoms with van der Waals surface area (Å²) in [7, 11) is 2.07.